The van der Waals surface area contributed by atoms with Crippen LogP contribution in [0.3, 0.4) is 0 Å². The lowest BCUT2D eigenvalue weighted by Gasteiger charge is -2.29. The predicted octanol–water partition coefficient (Wildman–Crippen LogP) is 3.24. The molecule has 0 radical (unpaired) electrons. The summed E-state index contributed by atoms with van der Waals surface area (Å²) in [4.78, 5) is 30.3. The Hall–Kier alpha value is -2.99. The molecule has 1 unspecified atom stereocenters. The third kappa shape index (κ3) is 2.64. The van der Waals surface area contributed by atoms with Gasteiger partial charge in [-0.25, -0.2) is 9.78 Å². The van der Waals surface area contributed by atoms with Crippen molar-refractivity contribution in [1.82, 2.24) is 9.55 Å². The van der Waals surface area contributed by atoms with Crippen molar-refractivity contribution in [3.63, 3.8) is 0 Å². The molecule has 6 nitrogen and oxygen atoms in total. The minimum Gasteiger partial charge on any atom is -0.464 e. The van der Waals surface area contributed by atoms with Gasteiger partial charge < -0.3 is 14.0 Å². The van der Waals surface area contributed by atoms with Crippen molar-refractivity contribution in [2.45, 2.75) is 32.4 Å². The van der Waals surface area contributed by atoms with Crippen LogP contribution in [0, 0.1) is 0 Å². The number of hydrogen-bond donors (Lipinski definition) is 0. The summed E-state index contributed by atoms with van der Waals surface area (Å²) in [5, 5.41) is 1.04. The van der Waals surface area contributed by atoms with E-state index in [0.29, 0.717) is 24.2 Å². The number of nitrogens with zero attached hydrogens (tertiary/aromatic N) is 2. The van der Waals surface area contributed by atoms with Crippen LogP contribution in [0.4, 0.5) is 0 Å². The van der Waals surface area contributed by atoms with E-state index in [-0.39, 0.29) is 12.2 Å². The molecule has 1 atom stereocenters. The fourth-order valence-electron chi connectivity index (χ4n) is 3.92. The van der Waals surface area contributed by atoms with Gasteiger partial charge >= 0.3 is 5.97 Å². The van der Waals surface area contributed by atoms with Gasteiger partial charge in [0, 0.05) is 29.7 Å². The molecule has 1 aliphatic heterocycles. The van der Waals surface area contributed by atoms with Crippen molar-refractivity contribution in [2.24, 2.45) is 0 Å². The first-order valence-corrected chi connectivity index (χ1v) is 9.40. The van der Waals surface area contributed by atoms with Crippen molar-refractivity contribution < 1.29 is 14.3 Å². The number of pyridine rings is 2. The molecule has 6 heteroatoms. The fraction of sp³-hybridized carbons (Fsp3) is 0.318. The third-order valence-electron chi connectivity index (χ3n) is 5.42. The van der Waals surface area contributed by atoms with Crippen molar-refractivity contribution in [3.05, 3.63) is 63.9 Å². The van der Waals surface area contributed by atoms with Gasteiger partial charge in [0.2, 0.25) is 0 Å². The molecular formula is C22H22N2O4. The topological polar surface area (TPSA) is 70.4 Å². The second-order valence-corrected chi connectivity index (χ2v) is 6.85. The molecule has 1 aliphatic rings. The van der Waals surface area contributed by atoms with Gasteiger partial charge in [0.1, 0.15) is 0 Å². The lowest BCUT2D eigenvalue weighted by atomic mass is 9.90. The van der Waals surface area contributed by atoms with Crippen molar-refractivity contribution in [2.75, 3.05) is 13.7 Å². The Labute approximate surface area is 162 Å². The van der Waals surface area contributed by atoms with Crippen LogP contribution < -0.4 is 5.56 Å². The first-order valence-electron chi connectivity index (χ1n) is 9.40. The van der Waals surface area contributed by atoms with Crippen LogP contribution in [-0.2, 0) is 26.4 Å². The molecule has 144 valence electrons. The summed E-state index contributed by atoms with van der Waals surface area (Å²) in [5.74, 6) is -0.492. The molecule has 0 N–H and O–H groups in total. The first kappa shape index (κ1) is 18.4. The van der Waals surface area contributed by atoms with E-state index in [4.69, 9.17) is 14.5 Å². The zero-order valence-corrected chi connectivity index (χ0v) is 16.2. The average molecular weight is 378 g/mol. The largest absolute Gasteiger partial charge is 0.464 e. The van der Waals surface area contributed by atoms with Gasteiger partial charge in [0.05, 0.1) is 30.1 Å². The number of carbonyl (C=O) groups excluding carboxylic acids is 1. The van der Waals surface area contributed by atoms with E-state index in [1.54, 1.807) is 11.5 Å². The zero-order valence-electron chi connectivity index (χ0n) is 16.2. The van der Waals surface area contributed by atoms with Crippen LogP contribution in [0.15, 0.2) is 47.3 Å². The molecule has 0 fully saturated rings. The van der Waals surface area contributed by atoms with Crippen LogP contribution in [-0.4, -0.2) is 29.2 Å². The summed E-state index contributed by atoms with van der Waals surface area (Å²) in [7, 11) is 1.46. The highest BCUT2D eigenvalue weighted by Gasteiger charge is 2.42. The van der Waals surface area contributed by atoms with Gasteiger partial charge in [0.25, 0.3) is 5.56 Å². The minimum atomic E-state index is -1.32. The molecule has 0 spiro atoms. The molecule has 3 aromatic rings. The second kappa shape index (κ2) is 6.87. The quantitative estimate of drug-likeness (QED) is 0.499. The highest BCUT2D eigenvalue weighted by Crippen LogP contribution is 2.36. The molecule has 0 saturated heterocycles. The van der Waals surface area contributed by atoms with Crippen LogP contribution in [0.25, 0.3) is 22.3 Å². The zero-order chi connectivity index (χ0) is 19.9. The smallest absolute Gasteiger partial charge is 0.343 e. The van der Waals surface area contributed by atoms with Gasteiger partial charge in [-0.3, -0.25) is 4.79 Å². The van der Waals surface area contributed by atoms with Crippen LogP contribution >= 0.6 is 0 Å². The number of esters is 1. The van der Waals surface area contributed by atoms with Crippen molar-refractivity contribution in [1.29, 1.82) is 0 Å². The summed E-state index contributed by atoms with van der Waals surface area (Å²) in [5.41, 5.74) is 2.31. The number of rotatable bonds is 5. The standard InChI is InChI=1S/C22H22N2O4/c1-4-22(27-3,21(26)28-5-2)16-11-18-20-15(13-24(18)19(25)12-16)10-14-8-6-7-9-17(14)23-20/h6-12H,4-5,13H2,1-3H3. The fourth-order valence-corrected chi connectivity index (χ4v) is 3.92. The van der Waals surface area contributed by atoms with E-state index < -0.39 is 11.6 Å². The second-order valence-electron chi connectivity index (χ2n) is 6.85. The molecular weight excluding hydrogens is 356 g/mol. The van der Waals surface area contributed by atoms with Crippen molar-refractivity contribution in [3.8, 4) is 11.4 Å². The summed E-state index contributed by atoms with van der Waals surface area (Å²) < 4.78 is 12.5. The van der Waals surface area contributed by atoms with Gasteiger partial charge in [0.15, 0.2) is 5.60 Å². The lowest BCUT2D eigenvalue weighted by molar-refractivity contribution is -0.170. The van der Waals surface area contributed by atoms with E-state index in [0.717, 1.165) is 22.2 Å². The number of aromatic nitrogens is 2. The monoisotopic (exact) mass is 378 g/mol. The maximum absolute atomic E-state index is 12.9. The molecule has 0 aliphatic carbocycles. The summed E-state index contributed by atoms with van der Waals surface area (Å²) in [6.07, 6.45) is 0.350. The highest BCUT2D eigenvalue weighted by molar-refractivity contribution is 5.85. The molecule has 2 aromatic heterocycles. The minimum absolute atomic E-state index is 0.186. The van der Waals surface area contributed by atoms with Gasteiger partial charge in [-0.05, 0) is 31.5 Å². The number of methoxy groups -OCH3 is 1. The van der Waals surface area contributed by atoms with Crippen molar-refractivity contribution >= 4 is 16.9 Å². The number of ether oxygens (including phenoxy) is 2. The first-order chi connectivity index (χ1) is 13.5. The van der Waals surface area contributed by atoms with E-state index in [1.165, 1.54) is 13.2 Å². The number of hydrogen-bond acceptors (Lipinski definition) is 5. The Balaban J connectivity index is 1.92. The maximum atomic E-state index is 12.9. The SMILES string of the molecule is CCOC(=O)C(CC)(OC)c1cc2n(c(=O)c1)Cc1cc3ccccc3nc1-2. The molecule has 28 heavy (non-hydrogen) atoms. The molecule has 3 heterocycles. The summed E-state index contributed by atoms with van der Waals surface area (Å²) in [6, 6.07) is 13.2. The van der Waals surface area contributed by atoms with Crippen LogP contribution in [0.5, 0.6) is 0 Å². The van der Waals surface area contributed by atoms with Gasteiger partial charge in [-0.1, -0.05) is 25.1 Å². The van der Waals surface area contributed by atoms with E-state index in [1.807, 2.05) is 37.3 Å². The molecule has 4 rings (SSSR count). The number of benzene rings is 1. The van der Waals surface area contributed by atoms with Crippen LogP contribution in [0.1, 0.15) is 31.4 Å². The summed E-state index contributed by atoms with van der Waals surface area (Å²) >= 11 is 0. The number of fused-ring (bicyclic) bond motifs is 4. The molecule has 0 bridgehead atoms. The highest BCUT2D eigenvalue weighted by atomic mass is 16.6. The van der Waals surface area contributed by atoms with Gasteiger partial charge in [-0.15, -0.1) is 0 Å². The number of carbonyl (C=O) groups is 1. The molecule has 0 saturated carbocycles. The number of para-hydroxylation sites is 1. The normalized spacial score (nSPS) is 14.4. The maximum Gasteiger partial charge on any atom is 0.343 e. The molecule has 1 aromatic carbocycles. The Morgan fingerprint density at radius 2 is 2.00 bits per heavy atom. The Morgan fingerprint density at radius 3 is 2.71 bits per heavy atom. The summed E-state index contributed by atoms with van der Waals surface area (Å²) in [6.45, 7) is 4.29. The Bertz CT molecular complexity index is 1130. The van der Waals surface area contributed by atoms with Gasteiger partial charge in [-0.2, -0.15) is 0 Å². The van der Waals surface area contributed by atoms with E-state index in [2.05, 4.69) is 6.07 Å². The van der Waals surface area contributed by atoms with E-state index >= 15 is 0 Å². The Morgan fingerprint density at radius 1 is 1.21 bits per heavy atom. The Kier molecular flexibility index (Phi) is 4.51. The lowest BCUT2D eigenvalue weighted by Crippen LogP contribution is -2.40. The predicted molar refractivity (Wildman–Crippen MR) is 106 cm³/mol. The average Bonchev–Trinajstić information content (AvgIpc) is 3.06. The third-order valence-corrected chi connectivity index (χ3v) is 5.42. The van der Waals surface area contributed by atoms with E-state index in [9.17, 15) is 9.59 Å². The van der Waals surface area contributed by atoms with Crippen LogP contribution in [0.2, 0.25) is 0 Å². The molecule has 0 amide bonds.